The number of carboxylic acids is 1. The summed E-state index contributed by atoms with van der Waals surface area (Å²) in [6.07, 6.45) is 8.36. The number of allylic oxidation sites excluding steroid dienone is 1. The number of carboxylic acid groups (broad SMARTS) is 1. The average molecular weight is 281 g/mol. The lowest BCUT2D eigenvalue weighted by atomic mass is 10.0. The van der Waals surface area contributed by atoms with E-state index in [0.717, 1.165) is 32.1 Å². The predicted octanol–water partition coefficient (Wildman–Crippen LogP) is 0.852. The molecule has 0 fully saturated rings. The van der Waals surface area contributed by atoms with Crippen LogP contribution in [0.15, 0.2) is 21.5 Å². The van der Waals surface area contributed by atoms with E-state index in [0.29, 0.717) is 12.2 Å². The summed E-state index contributed by atoms with van der Waals surface area (Å²) in [5.41, 5.74) is 5.38. The van der Waals surface area contributed by atoms with Crippen LogP contribution in [0.3, 0.4) is 0 Å². The zero-order valence-corrected chi connectivity index (χ0v) is 11.2. The van der Waals surface area contributed by atoms with Crippen molar-refractivity contribution in [3.8, 4) is 0 Å². The molecular weight excluding hydrogens is 262 g/mol. The van der Waals surface area contributed by atoms with E-state index in [2.05, 4.69) is 5.16 Å². The van der Waals surface area contributed by atoms with Gasteiger partial charge in [-0.2, -0.15) is 0 Å². The minimum Gasteiger partial charge on any atom is -0.480 e. The summed E-state index contributed by atoms with van der Waals surface area (Å²) in [6, 6.07) is -0.907. The maximum absolute atomic E-state index is 11.7. The summed E-state index contributed by atoms with van der Waals surface area (Å²) in [4.78, 5) is 22.2. The first-order chi connectivity index (χ1) is 9.59. The van der Waals surface area contributed by atoms with Crippen molar-refractivity contribution in [2.75, 3.05) is 0 Å². The van der Waals surface area contributed by atoms with Crippen molar-refractivity contribution >= 4 is 5.97 Å². The Morgan fingerprint density at radius 1 is 1.60 bits per heavy atom. The van der Waals surface area contributed by atoms with Gasteiger partial charge in [0.05, 0.1) is 0 Å². The minimum absolute atomic E-state index is 0.0666. The molecule has 7 nitrogen and oxygen atoms in total. The third kappa shape index (κ3) is 3.36. The molecule has 20 heavy (non-hydrogen) atoms. The van der Waals surface area contributed by atoms with Gasteiger partial charge in [0.25, 0.3) is 0 Å². The SMILES string of the molecule is NC(/C=C\CCC1CCCCc2noc(=O)n21)C(=O)O. The monoisotopic (exact) mass is 281 g/mol. The summed E-state index contributed by atoms with van der Waals surface area (Å²) in [7, 11) is 0. The van der Waals surface area contributed by atoms with Crippen LogP contribution in [0.4, 0.5) is 0 Å². The molecule has 3 N–H and O–H groups in total. The smallest absolute Gasteiger partial charge is 0.441 e. The Morgan fingerprint density at radius 2 is 2.40 bits per heavy atom. The van der Waals surface area contributed by atoms with Gasteiger partial charge in [0.1, 0.15) is 6.04 Å². The third-order valence-corrected chi connectivity index (χ3v) is 3.55. The van der Waals surface area contributed by atoms with Crippen LogP contribution >= 0.6 is 0 Å². The molecule has 0 bridgehead atoms. The van der Waals surface area contributed by atoms with E-state index in [9.17, 15) is 9.59 Å². The van der Waals surface area contributed by atoms with Gasteiger partial charge in [0, 0.05) is 12.5 Å². The maximum atomic E-state index is 11.7. The summed E-state index contributed by atoms with van der Waals surface area (Å²) in [6.45, 7) is 0. The van der Waals surface area contributed by atoms with E-state index in [1.165, 1.54) is 6.08 Å². The molecule has 1 aromatic rings. The minimum atomic E-state index is -1.05. The third-order valence-electron chi connectivity index (χ3n) is 3.55. The summed E-state index contributed by atoms with van der Waals surface area (Å²) >= 11 is 0. The fraction of sp³-hybridized carbons (Fsp3) is 0.615. The van der Waals surface area contributed by atoms with Crippen LogP contribution in [0, 0.1) is 0 Å². The number of carbonyl (C=O) groups is 1. The molecular formula is C13H19N3O4. The Labute approximate surface area is 116 Å². The highest BCUT2D eigenvalue weighted by Gasteiger charge is 2.22. The van der Waals surface area contributed by atoms with Gasteiger partial charge in [-0.1, -0.05) is 23.7 Å². The quantitative estimate of drug-likeness (QED) is 0.774. The Morgan fingerprint density at radius 3 is 3.15 bits per heavy atom. The fourth-order valence-corrected chi connectivity index (χ4v) is 2.49. The lowest BCUT2D eigenvalue weighted by Gasteiger charge is -2.14. The Bertz CT molecular complexity index is 546. The van der Waals surface area contributed by atoms with Gasteiger partial charge in [0.2, 0.25) is 0 Å². The van der Waals surface area contributed by atoms with Crippen LogP contribution in [-0.2, 0) is 11.2 Å². The topological polar surface area (TPSA) is 111 Å². The molecule has 0 saturated heterocycles. The zero-order valence-electron chi connectivity index (χ0n) is 11.2. The van der Waals surface area contributed by atoms with Gasteiger partial charge in [-0.25, -0.2) is 4.79 Å². The first kappa shape index (κ1) is 14.5. The Balaban J connectivity index is 1.98. The van der Waals surface area contributed by atoms with Crippen LogP contribution < -0.4 is 11.5 Å². The molecule has 1 aliphatic heterocycles. The average Bonchev–Trinajstić information content (AvgIpc) is 2.66. The highest BCUT2D eigenvalue weighted by atomic mass is 16.5. The number of hydrogen-bond acceptors (Lipinski definition) is 5. The number of hydrogen-bond donors (Lipinski definition) is 2. The second-order valence-electron chi connectivity index (χ2n) is 5.00. The van der Waals surface area contributed by atoms with Crippen LogP contribution in [-0.4, -0.2) is 26.8 Å². The van der Waals surface area contributed by atoms with Crippen LogP contribution in [0.25, 0.3) is 0 Å². The molecule has 0 spiro atoms. The summed E-state index contributed by atoms with van der Waals surface area (Å²) in [5.74, 6) is -0.741. The first-order valence-corrected chi connectivity index (χ1v) is 6.81. The number of nitrogens with two attached hydrogens (primary N) is 1. The molecule has 2 unspecified atom stereocenters. The lowest BCUT2D eigenvalue weighted by molar-refractivity contribution is -0.137. The number of aryl methyl sites for hydroxylation is 1. The van der Waals surface area contributed by atoms with Crippen molar-refractivity contribution in [1.82, 2.24) is 9.72 Å². The molecule has 2 atom stereocenters. The van der Waals surface area contributed by atoms with Gasteiger partial charge in [-0.05, 0) is 25.7 Å². The number of aliphatic carboxylic acids is 1. The number of rotatable bonds is 5. The molecule has 2 rings (SSSR count). The molecule has 1 aromatic heterocycles. The van der Waals surface area contributed by atoms with Gasteiger partial charge in [-0.15, -0.1) is 0 Å². The van der Waals surface area contributed by atoms with E-state index < -0.39 is 17.8 Å². The van der Waals surface area contributed by atoms with Crippen LogP contribution in [0.1, 0.15) is 44.0 Å². The number of nitrogens with zero attached hydrogens (tertiary/aromatic N) is 2. The van der Waals surface area contributed by atoms with Crippen molar-refractivity contribution in [1.29, 1.82) is 0 Å². The molecule has 1 aliphatic rings. The van der Waals surface area contributed by atoms with E-state index in [-0.39, 0.29) is 6.04 Å². The summed E-state index contributed by atoms with van der Waals surface area (Å²) in [5, 5.41) is 12.5. The van der Waals surface area contributed by atoms with E-state index in [1.807, 2.05) is 0 Å². The fourth-order valence-electron chi connectivity index (χ4n) is 2.49. The van der Waals surface area contributed by atoms with Gasteiger partial charge < -0.3 is 10.8 Å². The molecule has 0 aliphatic carbocycles. The van der Waals surface area contributed by atoms with E-state index >= 15 is 0 Å². The van der Waals surface area contributed by atoms with Gasteiger partial charge in [-0.3, -0.25) is 13.9 Å². The van der Waals surface area contributed by atoms with E-state index in [4.69, 9.17) is 15.4 Å². The van der Waals surface area contributed by atoms with Crippen molar-refractivity contribution < 1.29 is 14.4 Å². The maximum Gasteiger partial charge on any atom is 0.441 e. The van der Waals surface area contributed by atoms with Crippen LogP contribution in [0.5, 0.6) is 0 Å². The van der Waals surface area contributed by atoms with Gasteiger partial charge in [0.15, 0.2) is 5.82 Å². The van der Waals surface area contributed by atoms with Crippen molar-refractivity contribution in [2.45, 2.75) is 50.6 Å². The highest BCUT2D eigenvalue weighted by Crippen LogP contribution is 2.25. The Hall–Kier alpha value is -1.89. The molecule has 110 valence electrons. The molecule has 7 heteroatoms. The van der Waals surface area contributed by atoms with Crippen molar-refractivity contribution in [2.24, 2.45) is 5.73 Å². The summed E-state index contributed by atoms with van der Waals surface area (Å²) < 4.78 is 6.36. The highest BCUT2D eigenvalue weighted by molar-refractivity contribution is 5.75. The van der Waals surface area contributed by atoms with Crippen LogP contribution in [0.2, 0.25) is 0 Å². The van der Waals surface area contributed by atoms with Crippen molar-refractivity contribution in [3.63, 3.8) is 0 Å². The molecule has 0 saturated carbocycles. The molecule has 0 aromatic carbocycles. The number of fused-ring (bicyclic) bond motifs is 1. The molecule has 0 amide bonds. The lowest BCUT2D eigenvalue weighted by Crippen LogP contribution is -2.27. The van der Waals surface area contributed by atoms with E-state index in [1.54, 1.807) is 10.6 Å². The zero-order chi connectivity index (χ0) is 14.5. The second-order valence-corrected chi connectivity index (χ2v) is 5.00. The standard InChI is InChI=1S/C13H19N3O4/c14-10(12(17)18)7-3-1-5-9-6-2-4-8-11-15-20-13(19)16(9)11/h3,7,9-10H,1-2,4-6,8,14H2,(H,17,18)/b7-3-. The van der Waals surface area contributed by atoms with Crippen molar-refractivity contribution in [3.05, 3.63) is 28.5 Å². The predicted molar refractivity (Wildman–Crippen MR) is 71.3 cm³/mol. The van der Waals surface area contributed by atoms with Gasteiger partial charge >= 0.3 is 11.7 Å². The largest absolute Gasteiger partial charge is 0.480 e. The molecule has 2 heterocycles. The normalized spacial score (nSPS) is 20.6. The molecule has 0 radical (unpaired) electrons. The first-order valence-electron chi connectivity index (χ1n) is 6.81. The number of aromatic nitrogens is 2. The Kier molecular flexibility index (Phi) is 4.73. The second kappa shape index (κ2) is 6.51.